The largest absolute Gasteiger partial charge is 0.493 e. The summed E-state index contributed by atoms with van der Waals surface area (Å²) >= 11 is 6.17. The lowest BCUT2D eigenvalue weighted by molar-refractivity contribution is -0.119. The van der Waals surface area contributed by atoms with Crippen molar-refractivity contribution in [2.24, 2.45) is 5.73 Å². The van der Waals surface area contributed by atoms with Crippen LogP contribution in [0.1, 0.15) is 16.1 Å². The number of hydrogen-bond donors (Lipinski definition) is 4. The summed E-state index contributed by atoms with van der Waals surface area (Å²) in [6.07, 6.45) is 0. The van der Waals surface area contributed by atoms with Gasteiger partial charge in [-0.25, -0.2) is 4.63 Å². The molecule has 6 N–H and O–H groups in total. The van der Waals surface area contributed by atoms with E-state index in [1.807, 2.05) is 0 Å². The number of primary amides is 1. The third-order valence-electron chi connectivity index (χ3n) is 3.29. The van der Waals surface area contributed by atoms with Crippen molar-refractivity contribution in [3.05, 3.63) is 28.4 Å². The molecule has 0 aliphatic rings. The van der Waals surface area contributed by atoms with Crippen LogP contribution in [0.25, 0.3) is 0 Å². The molecule has 0 spiro atoms. The molecule has 0 saturated heterocycles. The van der Waals surface area contributed by atoms with E-state index >= 15 is 0 Å². The monoisotopic (exact) mass is 434 g/mol. The summed E-state index contributed by atoms with van der Waals surface area (Å²) in [6, 6.07) is 3.39. The van der Waals surface area contributed by atoms with Crippen LogP contribution in [0.3, 0.4) is 0 Å². The quantitative estimate of drug-likeness (QED) is 0.379. The molecule has 154 valence electrons. The van der Waals surface area contributed by atoms with Crippen LogP contribution in [0.2, 0.25) is 5.02 Å². The zero-order valence-corrected chi connectivity index (χ0v) is 16.4. The van der Waals surface area contributed by atoms with Gasteiger partial charge in [-0.1, -0.05) is 11.6 Å². The number of ether oxygens (including phenoxy) is 2. The number of benzene rings is 1. The molecular weight excluding hydrogens is 415 g/mol. The van der Waals surface area contributed by atoms with Gasteiger partial charge < -0.3 is 31.6 Å². The smallest absolute Gasteiger partial charge is 0.277 e. The predicted molar refractivity (Wildman–Crippen MR) is 103 cm³/mol. The highest BCUT2D eigenvalue weighted by molar-refractivity contribution is 6.32. The Bertz CT molecular complexity index is 816. The van der Waals surface area contributed by atoms with Crippen LogP contribution in [-0.4, -0.2) is 48.9 Å². The van der Waals surface area contributed by atoms with Crippen molar-refractivity contribution in [2.75, 3.05) is 32.5 Å². The van der Waals surface area contributed by atoms with E-state index in [0.717, 1.165) is 5.56 Å². The molecule has 0 fully saturated rings. The predicted octanol–water partition coefficient (Wildman–Crippen LogP) is 0.119. The molecule has 0 radical (unpaired) electrons. The lowest BCUT2D eigenvalue weighted by atomic mass is 10.2. The van der Waals surface area contributed by atoms with Gasteiger partial charge in [-0.15, -0.1) is 12.4 Å². The molecule has 0 saturated carbocycles. The molecule has 0 bridgehead atoms. The van der Waals surface area contributed by atoms with E-state index in [1.54, 1.807) is 12.1 Å². The number of nitrogens with zero attached hydrogens (tertiary/aromatic N) is 2. The lowest BCUT2D eigenvalue weighted by Gasteiger charge is -2.14. The summed E-state index contributed by atoms with van der Waals surface area (Å²) in [7, 11) is 1.46. The van der Waals surface area contributed by atoms with Crippen molar-refractivity contribution >= 4 is 41.6 Å². The van der Waals surface area contributed by atoms with Crippen LogP contribution < -0.4 is 31.6 Å². The van der Waals surface area contributed by atoms with Crippen molar-refractivity contribution in [1.29, 1.82) is 0 Å². The molecular formula is C15H20Cl2N6O5. The van der Waals surface area contributed by atoms with Crippen LogP contribution in [-0.2, 0) is 11.3 Å². The van der Waals surface area contributed by atoms with Crippen molar-refractivity contribution in [2.45, 2.75) is 6.54 Å². The van der Waals surface area contributed by atoms with Crippen LogP contribution in [0.5, 0.6) is 11.5 Å². The minimum absolute atomic E-state index is 0. The normalized spacial score (nSPS) is 10.1. The second kappa shape index (κ2) is 11.2. The molecule has 1 aromatic heterocycles. The number of halogens is 2. The maximum absolute atomic E-state index is 11.8. The maximum atomic E-state index is 11.8. The number of methoxy groups -OCH3 is 1. The molecule has 13 heteroatoms. The van der Waals surface area contributed by atoms with Gasteiger partial charge in [-0.05, 0) is 28.0 Å². The van der Waals surface area contributed by atoms with E-state index in [1.165, 1.54) is 7.11 Å². The summed E-state index contributed by atoms with van der Waals surface area (Å²) < 4.78 is 14.9. The Balaban J connectivity index is 0.00000392. The first-order chi connectivity index (χ1) is 12.9. The lowest BCUT2D eigenvalue weighted by Crippen LogP contribution is -2.32. The Kier molecular flexibility index (Phi) is 9.28. The number of nitrogens with two attached hydrogens (primary N) is 2. The van der Waals surface area contributed by atoms with Crippen LogP contribution in [0.15, 0.2) is 16.8 Å². The summed E-state index contributed by atoms with van der Waals surface area (Å²) in [5.74, 6) is -0.545. The van der Waals surface area contributed by atoms with E-state index in [9.17, 15) is 9.59 Å². The Morgan fingerprint density at radius 1 is 1.29 bits per heavy atom. The fourth-order valence-corrected chi connectivity index (χ4v) is 2.38. The first-order valence-electron chi connectivity index (χ1n) is 7.76. The number of carbonyl (C=O) groups excluding carboxylic acids is 2. The second-order valence-electron chi connectivity index (χ2n) is 5.29. The number of carbonyl (C=O) groups is 2. The first-order valence-corrected chi connectivity index (χ1v) is 8.14. The van der Waals surface area contributed by atoms with E-state index in [0.29, 0.717) is 25.4 Å². The summed E-state index contributed by atoms with van der Waals surface area (Å²) in [5, 5.41) is 12.8. The fourth-order valence-electron chi connectivity index (χ4n) is 2.09. The summed E-state index contributed by atoms with van der Waals surface area (Å²) in [6.45, 7) is 0.946. The minimum atomic E-state index is -0.621. The van der Waals surface area contributed by atoms with Gasteiger partial charge in [-0.2, -0.15) is 0 Å². The third kappa shape index (κ3) is 6.44. The number of rotatable bonds is 10. The van der Waals surface area contributed by atoms with Crippen LogP contribution in [0, 0.1) is 0 Å². The molecule has 0 aliphatic heterocycles. The Morgan fingerprint density at radius 3 is 2.64 bits per heavy atom. The molecule has 1 heterocycles. The first kappa shape index (κ1) is 23.3. The van der Waals surface area contributed by atoms with E-state index < -0.39 is 11.8 Å². The molecule has 11 nitrogen and oxygen atoms in total. The molecule has 2 amide bonds. The highest BCUT2D eigenvalue weighted by atomic mass is 35.5. The van der Waals surface area contributed by atoms with Crippen molar-refractivity contribution < 1.29 is 23.7 Å². The van der Waals surface area contributed by atoms with Gasteiger partial charge in [0.1, 0.15) is 0 Å². The Labute approximate surface area is 171 Å². The van der Waals surface area contributed by atoms with Gasteiger partial charge in [-0.3, -0.25) is 9.59 Å². The molecule has 0 atom stereocenters. The molecule has 0 aliphatic carbocycles. The SMILES string of the molecule is COc1cc(CNCCNC(=O)c2nonc2N)cc(Cl)c1OCC(N)=O.Cl. The van der Waals surface area contributed by atoms with Crippen molar-refractivity contribution in [3.8, 4) is 11.5 Å². The van der Waals surface area contributed by atoms with Crippen molar-refractivity contribution in [3.63, 3.8) is 0 Å². The second-order valence-corrected chi connectivity index (χ2v) is 5.70. The highest BCUT2D eigenvalue weighted by Crippen LogP contribution is 2.36. The number of aromatic nitrogens is 2. The van der Waals surface area contributed by atoms with Gasteiger partial charge >= 0.3 is 0 Å². The van der Waals surface area contributed by atoms with Gasteiger partial charge in [0.2, 0.25) is 11.5 Å². The number of nitrogen functional groups attached to an aromatic ring is 1. The molecule has 1 aromatic carbocycles. The third-order valence-corrected chi connectivity index (χ3v) is 3.57. The molecule has 2 rings (SSSR count). The Hall–Kier alpha value is -2.76. The molecule has 0 unspecified atom stereocenters. The van der Waals surface area contributed by atoms with Gasteiger partial charge in [0.05, 0.1) is 12.1 Å². The Morgan fingerprint density at radius 2 is 2.04 bits per heavy atom. The fraction of sp³-hybridized carbons (Fsp3) is 0.333. The van der Waals surface area contributed by atoms with E-state index in [2.05, 4.69) is 25.6 Å². The van der Waals surface area contributed by atoms with Gasteiger partial charge in [0.15, 0.2) is 18.1 Å². The zero-order valence-electron chi connectivity index (χ0n) is 14.9. The summed E-state index contributed by atoms with van der Waals surface area (Å²) in [5.41, 5.74) is 11.3. The average molecular weight is 435 g/mol. The van der Waals surface area contributed by atoms with Gasteiger partial charge in [0.25, 0.3) is 11.8 Å². The number of amides is 2. The average Bonchev–Trinajstić information content (AvgIpc) is 3.05. The van der Waals surface area contributed by atoms with E-state index in [4.69, 9.17) is 32.5 Å². The number of hydrogen-bond acceptors (Lipinski definition) is 9. The molecule has 28 heavy (non-hydrogen) atoms. The number of nitrogens with one attached hydrogen (secondary N) is 2. The van der Waals surface area contributed by atoms with Crippen molar-refractivity contribution in [1.82, 2.24) is 20.9 Å². The van der Waals surface area contributed by atoms with Gasteiger partial charge in [0, 0.05) is 19.6 Å². The highest BCUT2D eigenvalue weighted by Gasteiger charge is 2.15. The zero-order chi connectivity index (χ0) is 19.8. The minimum Gasteiger partial charge on any atom is -0.493 e. The van der Waals surface area contributed by atoms with E-state index in [-0.39, 0.29) is 41.3 Å². The van der Waals surface area contributed by atoms with Crippen LogP contribution >= 0.6 is 24.0 Å². The standard InChI is InChI=1S/C15H19ClN6O5.ClH/c1-25-10-5-8(4-9(16)13(10)26-7-11(17)23)6-19-2-3-20-15(24)12-14(18)22-27-21-12;/h4-5,19H,2-3,6-7H2,1H3,(H2,17,23)(H2,18,22)(H,20,24);1H. The summed E-state index contributed by atoms with van der Waals surface area (Å²) in [4.78, 5) is 22.6. The molecule has 2 aromatic rings. The maximum Gasteiger partial charge on any atom is 0.277 e. The topological polar surface area (TPSA) is 168 Å². The van der Waals surface area contributed by atoms with Crippen LogP contribution in [0.4, 0.5) is 5.82 Å². The number of anilines is 1.